The third-order valence-electron chi connectivity index (χ3n) is 4.68. The van der Waals surface area contributed by atoms with Crippen molar-refractivity contribution in [3.63, 3.8) is 0 Å². The zero-order valence-electron chi connectivity index (χ0n) is 16.4. The van der Waals surface area contributed by atoms with Crippen molar-refractivity contribution in [3.05, 3.63) is 72.6 Å². The van der Waals surface area contributed by atoms with Gasteiger partial charge in [-0.15, -0.1) is 0 Å². The third kappa shape index (κ3) is 3.78. The van der Waals surface area contributed by atoms with Gasteiger partial charge in [-0.2, -0.15) is 0 Å². The van der Waals surface area contributed by atoms with E-state index in [9.17, 15) is 5.11 Å². The number of pyridine rings is 1. The van der Waals surface area contributed by atoms with Gasteiger partial charge in [0.1, 0.15) is 11.4 Å². The summed E-state index contributed by atoms with van der Waals surface area (Å²) in [6.07, 6.45) is 3.83. The predicted octanol–water partition coefficient (Wildman–Crippen LogP) is 5.92. The molecule has 142 valence electrons. The molecule has 2 N–H and O–H groups in total. The van der Waals surface area contributed by atoms with Crippen molar-refractivity contribution in [2.24, 2.45) is 0 Å². The number of rotatable bonds is 4. The van der Waals surface area contributed by atoms with Crippen molar-refractivity contribution in [1.82, 2.24) is 9.97 Å². The van der Waals surface area contributed by atoms with Crippen LogP contribution in [-0.4, -0.2) is 20.7 Å². The summed E-state index contributed by atoms with van der Waals surface area (Å²) in [4.78, 5) is 7.85. The fourth-order valence-corrected chi connectivity index (χ4v) is 3.27. The van der Waals surface area contributed by atoms with E-state index in [1.165, 1.54) is 0 Å². The largest absolute Gasteiger partial charge is 0.508 e. The van der Waals surface area contributed by atoms with E-state index in [4.69, 9.17) is 4.74 Å². The minimum absolute atomic E-state index is 0.197. The van der Waals surface area contributed by atoms with Gasteiger partial charge in [0.2, 0.25) is 0 Å². The van der Waals surface area contributed by atoms with Gasteiger partial charge in [0.25, 0.3) is 0 Å². The fraction of sp³-hybridized carbons (Fsp3) is 0.208. The lowest BCUT2D eigenvalue weighted by Crippen LogP contribution is -2.18. The van der Waals surface area contributed by atoms with E-state index >= 15 is 0 Å². The molecule has 0 radical (unpaired) electrons. The molecule has 0 spiro atoms. The van der Waals surface area contributed by atoms with Crippen LogP contribution in [0.5, 0.6) is 5.75 Å². The number of nitrogens with zero attached hydrogens (tertiary/aromatic N) is 1. The summed E-state index contributed by atoms with van der Waals surface area (Å²) in [5.41, 5.74) is 5.91. The summed E-state index contributed by atoms with van der Waals surface area (Å²) in [7, 11) is 0. The average molecular weight is 372 g/mol. The smallest absolute Gasteiger partial charge is 0.137 e. The first-order valence-electron chi connectivity index (χ1n) is 9.39. The van der Waals surface area contributed by atoms with Gasteiger partial charge < -0.3 is 14.8 Å². The highest BCUT2D eigenvalue weighted by atomic mass is 16.5. The number of hydrogen-bond acceptors (Lipinski definition) is 3. The third-order valence-corrected chi connectivity index (χ3v) is 4.68. The van der Waals surface area contributed by atoms with Gasteiger partial charge in [-0.05, 0) is 55.7 Å². The second-order valence-electron chi connectivity index (χ2n) is 7.93. The molecular weight excluding hydrogens is 348 g/mol. The van der Waals surface area contributed by atoms with Crippen molar-refractivity contribution in [1.29, 1.82) is 0 Å². The molecule has 0 saturated heterocycles. The van der Waals surface area contributed by atoms with Crippen LogP contribution in [-0.2, 0) is 11.3 Å². The van der Waals surface area contributed by atoms with Crippen molar-refractivity contribution >= 4 is 11.0 Å². The maximum atomic E-state index is 9.80. The Morgan fingerprint density at radius 3 is 2.57 bits per heavy atom. The lowest BCUT2D eigenvalue weighted by Gasteiger charge is -2.20. The van der Waals surface area contributed by atoms with Crippen LogP contribution in [0.4, 0.5) is 0 Å². The van der Waals surface area contributed by atoms with E-state index in [1.807, 2.05) is 36.7 Å². The average Bonchev–Trinajstić information content (AvgIpc) is 3.09. The summed E-state index contributed by atoms with van der Waals surface area (Å²) in [5.74, 6) is 0.247. The van der Waals surface area contributed by atoms with Crippen LogP contribution in [0.1, 0.15) is 26.3 Å². The van der Waals surface area contributed by atoms with Crippen LogP contribution in [0.3, 0.4) is 0 Å². The number of hydrogen-bond donors (Lipinski definition) is 2. The molecule has 4 rings (SSSR count). The number of aromatic hydroxyl groups is 1. The monoisotopic (exact) mass is 372 g/mol. The van der Waals surface area contributed by atoms with Gasteiger partial charge in [0, 0.05) is 28.9 Å². The second kappa shape index (κ2) is 7.13. The van der Waals surface area contributed by atoms with Gasteiger partial charge in [0.15, 0.2) is 0 Å². The van der Waals surface area contributed by atoms with Crippen molar-refractivity contribution in [3.8, 4) is 28.0 Å². The second-order valence-corrected chi connectivity index (χ2v) is 7.93. The number of phenolic OH excluding ortho intramolecular Hbond substituents is 1. The molecule has 4 nitrogen and oxygen atoms in total. The molecule has 0 bridgehead atoms. The molecule has 0 fully saturated rings. The quantitative estimate of drug-likeness (QED) is 0.468. The minimum Gasteiger partial charge on any atom is -0.508 e. The first-order chi connectivity index (χ1) is 13.4. The van der Waals surface area contributed by atoms with E-state index in [0.29, 0.717) is 6.61 Å². The van der Waals surface area contributed by atoms with Crippen LogP contribution in [0.25, 0.3) is 33.3 Å². The van der Waals surface area contributed by atoms with E-state index in [2.05, 4.69) is 48.9 Å². The van der Waals surface area contributed by atoms with Crippen molar-refractivity contribution < 1.29 is 9.84 Å². The standard InChI is InChI=1S/C24H24N2O2/c1-24(2,3)28-15-17-7-4-5-10-20(17)22-14-26-23-21(22)12-18(13-25-23)16-8-6-9-19(27)11-16/h4-14,27H,15H2,1-3H3,(H,25,26). The molecule has 0 atom stereocenters. The Hall–Kier alpha value is -3.11. The highest BCUT2D eigenvalue weighted by molar-refractivity contribution is 5.96. The number of aromatic nitrogens is 2. The van der Waals surface area contributed by atoms with Crippen LogP contribution < -0.4 is 0 Å². The molecule has 0 amide bonds. The molecular formula is C24H24N2O2. The number of aromatic amines is 1. The molecule has 4 aromatic rings. The Kier molecular flexibility index (Phi) is 4.65. The van der Waals surface area contributed by atoms with Gasteiger partial charge in [-0.1, -0.05) is 36.4 Å². The Bertz CT molecular complexity index is 1120. The molecule has 0 aliphatic rings. The summed E-state index contributed by atoms with van der Waals surface area (Å²) in [5, 5.41) is 10.8. The van der Waals surface area contributed by atoms with Gasteiger partial charge >= 0.3 is 0 Å². The molecule has 4 heteroatoms. The van der Waals surface area contributed by atoms with E-state index in [-0.39, 0.29) is 11.4 Å². The van der Waals surface area contributed by atoms with E-state index in [0.717, 1.165) is 38.9 Å². The number of ether oxygens (including phenoxy) is 1. The van der Waals surface area contributed by atoms with E-state index in [1.54, 1.807) is 12.1 Å². The van der Waals surface area contributed by atoms with Crippen molar-refractivity contribution in [2.45, 2.75) is 33.0 Å². The highest BCUT2D eigenvalue weighted by Crippen LogP contribution is 2.34. The zero-order chi connectivity index (χ0) is 19.7. The normalized spacial score (nSPS) is 11.8. The highest BCUT2D eigenvalue weighted by Gasteiger charge is 2.15. The topological polar surface area (TPSA) is 58.1 Å². The molecule has 0 saturated carbocycles. The summed E-state index contributed by atoms with van der Waals surface area (Å²) < 4.78 is 6.02. The molecule has 0 aliphatic carbocycles. The Morgan fingerprint density at radius 1 is 0.964 bits per heavy atom. The van der Waals surface area contributed by atoms with Gasteiger partial charge in [-0.25, -0.2) is 4.98 Å². The minimum atomic E-state index is -0.197. The number of H-pyrrole nitrogens is 1. The number of nitrogens with one attached hydrogen (secondary N) is 1. The molecule has 0 aliphatic heterocycles. The summed E-state index contributed by atoms with van der Waals surface area (Å²) in [6.45, 7) is 6.73. The number of fused-ring (bicyclic) bond motifs is 1. The van der Waals surface area contributed by atoms with Gasteiger partial charge in [-0.3, -0.25) is 0 Å². The van der Waals surface area contributed by atoms with E-state index < -0.39 is 0 Å². The number of benzene rings is 2. The van der Waals surface area contributed by atoms with Crippen molar-refractivity contribution in [2.75, 3.05) is 0 Å². The number of phenols is 1. The molecule has 2 aromatic heterocycles. The Balaban J connectivity index is 1.79. The van der Waals surface area contributed by atoms with Gasteiger partial charge in [0.05, 0.1) is 12.2 Å². The first-order valence-corrected chi connectivity index (χ1v) is 9.39. The van der Waals surface area contributed by atoms with Crippen LogP contribution in [0, 0.1) is 0 Å². The first kappa shape index (κ1) is 18.3. The Morgan fingerprint density at radius 2 is 1.79 bits per heavy atom. The molecule has 2 aromatic carbocycles. The SMILES string of the molecule is CC(C)(C)OCc1ccccc1-c1c[nH]c2ncc(-c3cccc(O)c3)cc12. The maximum Gasteiger partial charge on any atom is 0.137 e. The summed E-state index contributed by atoms with van der Waals surface area (Å²) >= 11 is 0. The fourth-order valence-electron chi connectivity index (χ4n) is 3.27. The lowest BCUT2D eigenvalue weighted by molar-refractivity contribution is -0.0147. The molecule has 28 heavy (non-hydrogen) atoms. The van der Waals surface area contributed by atoms with Crippen LogP contribution in [0.2, 0.25) is 0 Å². The van der Waals surface area contributed by atoms with Crippen LogP contribution >= 0.6 is 0 Å². The predicted molar refractivity (Wildman–Crippen MR) is 113 cm³/mol. The molecule has 0 unspecified atom stereocenters. The van der Waals surface area contributed by atoms with Crippen LogP contribution in [0.15, 0.2) is 67.0 Å². The zero-order valence-corrected chi connectivity index (χ0v) is 16.4. The maximum absolute atomic E-state index is 9.80. The molecule has 2 heterocycles. The summed E-state index contributed by atoms with van der Waals surface area (Å²) in [6, 6.07) is 17.6. The Labute approximate surface area is 164 Å². The lowest BCUT2D eigenvalue weighted by atomic mass is 9.98.